The first kappa shape index (κ1) is 37.3. The van der Waals surface area contributed by atoms with Crippen molar-refractivity contribution in [2.75, 3.05) is 44.0 Å². The Kier molecular flexibility index (Phi) is 13.0. The molecule has 0 saturated heterocycles. The van der Waals surface area contributed by atoms with E-state index in [1.54, 1.807) is 42.0 Å². The summed E-state index contributed by atoms with van der Waals surface area (Å²) in [7, 11) is 1.78. The van der Waals surface area contributed by atoms with Gasteiger partial charge in [-0.15, -0.1) is 0 Å². The lowest BCUT2D eigenvalue weighted by Crippen LogP contribution is -2.48. The average Bonchev–Trinajstić information content (AvgIpc) is 3.13. The first-order valence-corrected chi connectivity index (χ1v) is 17.8. The topological polar surface area (TPSA) is 120 Å². The Hall–Kier alpha value is -4.93. The Balaban J connectivity index is 1.38. The predicted octanol–water partition coefficient (Wildman–Crippen LogP) is 6.98. The van der Waals surface area contributed by atoms with Crippen LogP contribution < -0.4 is 15.4 Å². The minimum Gasteiger partial charge on any atom is -0.490 e. The first-order valence-electron chi connectivity index (χ1n) is 17.8. The standard InChI is InChI=1S/C41H50N4O6/c1-28-25-45(29(2)27-46)40(48)35-24-33(42-41(49)43-36-19-12-17-32-16-8-9-18-34(32)36)20-21-37(35)51-30(3)13-10-11-22-50-38(28)26-44(4)39(47)23-31-14-6-5-7-15-31/h5-9,12,14-21,24,28-30,38,46H,10-11,13,22-23,25-27H2,1-4H3,(H2,42,43,49)/t28-,29+,30-,38+/m0/s1. The van der Waals surface area contributed by atoms with Crippen LogP contribution in [0.3, 0.4) is 0 Å². The van der Waals surface area contributed by atoms with Gasteiger partial charge in [-0.25, -0.2) is 4.79 Å². The fourth-order valence-electron chi connectivity index (χ4n) is 6.36. The lowest BCUT2D eigenvalue weighted by atomic mass is 10.0. The number of hydrogen-bond acceptors (Lipinski definition) is 6. The number of carbonyl (C=O) groups is 3. The maximum atomic E-state index is 14.5. The van der Waals surface area contributed by atoms with Gasteiger partial charge in [0.1, 0.15) is 5.75 Å². The van der Waals surface area contributed by atoms with Gasteiger partial charge in [0, 0.05) is 43.7 Å². The number of nitrogens with one attached hydrogen (secondary N) is 2. The summed E-state index contributed by atoms with van der Waals surface area (Å²) in [4.78, 5) is 44.2. The maximum absolute atomic E-state index is 14.5. The highest BCUT2D eigenvalue weighted by Gasteiger charge is 2.31. The highest BCUT2D eigenvalue weighted by Crippen LogP contribution is 2.29. The van der Waals surface area contributed by atoms with Crippen LogP contribution in [0.2, 0.25) is 0 Å². The molecule has 4 amide bonds. The third kappa shape index (κ3) is 10.1. The van der Waals surface area contributed by atoms with Gasteiger partial charge in [-0.3, -0.25) is 9.59 Å². The van der Waals surface area contributed by atoms with Crippen LogP contribution in [0.1, 0.15) is 56.0 Å². The van der Waals surface area contributed by atoms with Crippen molar-refractivity contribution >= 4 is 40.0 Å². The van der Waals surface area contributed by atoms with Crippen molar-refractivity contribution in [3.05, 3.63) is 102 Å². The lowest BCUT2D eigenvalue weighted by Gasteiger charge is -2.36. The van der Waals surface area contributed by atoms with E-state index in [-0.39, 0.29) is 55.1 Å². The second-order valence-electron chi connectivity index (χ2n) is 13.6. The van der Waals surface area contributed by atoms with E-state index in [9.17, 15) is 19.5 Å². The molecule has 0 radical (unpaired) electrons. The quantitative estimate of drug-likeness (QED) is 0.183. The molecular formula is C41H50N4O6. The summed E-state index contributed by atoms with van der Waals surface area (Å²) in [5, 5.41) is 18.0. The van der Waals surface area contributed by atoms with Crippen LogP contribution in [0.5, 0.6) is 5.75 Å². The molecule has 4 atom stereocenters. The third-order valence-corrected chi connectivity index (χ3v) is 9.42. The van der Waals surface area contributed by atoms with Crippen LogP contribution in [0.25, 0.3) is 10.8 Å². The molecule has 51 heavy (non-hydrogen) atoms. The van der Waals surface area contributed by atoms with Gasteiger partial charge in [0.2, 0.25) is 5.91 Å². The molecule has 0 unspecified atom stereocenters. The maximum Gasteiger partial charge on any atom is 0.323 e. The van der Waals surface area contributed by atoms with Crippen molar-refractivity contribution in [3.63, 3.8) is 0 Å². The molecule has 4 aromatic rings. The van der Waals surface area contributed by atoms with E-state index in [0.717, 1.165) is 35.6 Å². The van der Waals surface area contributed by atoms with Crippen LogP contribution >= 0.6 is 0 Å². The SMILES string of the molecule is C[C@H](CO)N1C[C@H](C)[C@@H](CN(C)C(=O)Cc2ccccc2)OCCCC[C@H](C)Oc2ccc(NC(=O)Nc3cccc4ccccc34)cc2C1=O. The Bertz CT molecular complexity index is 1780. The molecule has 10 nitrogen and oxygen atoms in total. The monoisotopic (exact) mass is 694 g/mol. The van der Waals surface area contributed by atoms with E-state index < -0.39 is 12.1 Å². The molecule has 0 saturated carbocycles. The van der Waals surface area contributed by atoms with Crippen LogP contribution in [-0.4, -0.2) is 84.4 Å². The molecule has 5 rings (SSSR count). The van der Waals surface area contributed by atoms with E-state index in [1.807, 2.05) is 86.6 Å². The number of benzene rings is 4. The Morgan fingerprint density at radius 1 is 0.961 bits per heavy atom. The number of urea groups is 1. The number of anilines is 2. The normalized spacial score (nSPS) is 19.3. The molecule has 1 aliphatic heterocycles. The van der Waals surface area contributed by atoms with E-state index >= 15 is 0 Å². The number of nitrogens with zero attached hydrogens (tertiary/aromatic N) is 2. The van der Waals surface area contributed by atoms with Crippen molar-refractivity contribution in [1.82, 2.24) is 9.80 Å². The van der Waals surface area contributed by atoms with Crippen LogP contribution in [-0.2, 0) is 16.0 Å². The molecule has 3 N–H and O–H groups in total. The summed E-state index contributed by atoms with van der Waals surface area (Å²) < 4.78 is 12.7. The van der Waals surface area contributed by atoms with Crippen molar-refractivity contribution in [1.29, 1.82) is 0 Å². The smallest absolute Gasteiger partial charge is 0.323 e. The molecule has 0 fully saturated rings. The summed E-state index contributed by atoms with van der Waals surface area (Å²) in [5.41, 5.74) is 2.31. The number of carbonyl (C=O) groups excluding carboxylic acids is 3. The first-order chi connectivity index (χ1) is 24.6. The lowest BCUT2D eigenvalue weighted by molar-refractivity contribution is -0.131. The fourth-order valence-corrected chi connectivity index (χ4v) is 6.36. The number of rotatable bonds is 8. The average molecular weight is 695 g/mol. The Morgan fingerprint density at radius 2 is 1.71 bits per heavy atom. The van der Waals surface area contributed by atoms with Crippen LogP contribution in [0.4, 0.5) is 16.2 Å². The summed E-state index contributed by atoms with van der Waals surface area (Å²) in [5.74, 6) is -0.133. The molecule has 0 aliphatic carbocycles. The number of likely N-dealkylation sites (N-methyl/N-ethyl adjacent to an activating group) is 1. The molecule has 0 spiro atoms. The molecule has 1 heterocycles. The van der Waals surface area contributed by atoms with E-state index in [4.69, 9.17) is 9.47 Å². The van der Waals surface area contributed by atoms with Gasteiger partial charge in [-0.05, 0) is 68.3 Å². The highest BCUT2D eigenvalue weighted by molar-refractivity contribution is 6.07. The van der Waals surface area contributed by atoms with Gasteiger partial charge in [-0.1, -0.05) is 73.7 Å². The minimum atomic E-state index is -0.525. The molecular weight excluding hydrogens is 644 g/mol. The fraction of sp³-hybridized carbons (Fsp3) is 0.390. The molecule has 1 aliphatic rings. The Labute approximate surface area is 300 Å². The Morgan fingerprint density at radius 3 is 2.49 bits per heavy atom. The molecule has 4 aromatic carbocycles. The van der Waals surface area contributed by atoms with E-state index in [0.29, 0.717) is 30.3 Å². The summed E-state index contributed by atoms with van der Waals surface area (Å²) in [6, 6.07) is 27.2. The van der Waals surface area contributed by atoms with E-state index in [1.165, 1.54) is 0 Å². The van der Waals surface area contributed by atoms with Crippen molar-refractivity contribution in [3.8, 4) is 5.75 Å². The number of fused-ring (bicyclic) bond motifs is 2. The highest BCUT2D eigenvalue weighted by atomic mass is 16.5. The molecule has 10 heteroatoms. The zero-order valence-electron chi connectivity index (χ0n) is 30.0. The number of amides is 4. The van der Waals surface area contributed by atoms with Crippen molar-refractivity contribution in [2.45, 2.75) is 64.7 Å². The summed E-state index contributed by atoms with van der Waals surface area (Å²) in [6.45, 7) is 6.65. The van der Waals surface area contributed by atoms with Gasteiger partial charge in [-0.2, -0.15) is 0 Å². The zero-order valence-corrected chi connectivity index (χ0v) is 30.0. The second-order valence-corrected chi connectivity index (χ2v) is 13.6. The number of aliphatic hydroxyl groups is 1. The summed E-state index contributed by atoms with van der Waals surface area (Å²) >= 11 is 0. The van der Waals surface area contributed by atoms with Crippen molar-refractivity contribution in [2.24, 2.45) is 5.92 Å². The van der Waals surface area contributed by atoms with Gasteiger partial charge < -0.3 is 35.0 Å². The van der Waals surface area contributed by atoms with Crippen LogP contribution in [0, 0.1) is 5.92 Å². The van der Waals surface area contributed by atoms with Gasteiger partial charge >= 0.3 is 6.03 Å². The molecule has 0 aromatic heterocycles. The largest absolute Gasteiger partial charge is 0.490 e. The van der Waals surface area contributed by atoms with Gasteiger partial charge in [0.25, 0.3) is 5.91 Å². The van der Waals surface area contributed by atoms with E-state index in [2.05, 4.69) is 10.6 Å². The molecule has 0 bridgehead atoms. The minimum absolute atomic E-state index is 0.0162. The van der Waals surface area contributed by atoms with Crippen LogP contribution in [0.15, 0.2) is 91.0 Å². The third-order valence-electron chi connectivity index (χ3n) is 9.42. The summed E-state index contributed by atoms with van der Waals surface area (Å²) in [6.07, 6.45) is 2.17. The number of hydrogen-bond donors (Lipinski definition) is 3. The predicted molar refractivity (Wildman–Crippen MR) is 201 cm³/mol. The second kappa shape index (κ2) is 17.8. The number of aliphatic hydroxyl groups excluding tert-OH is 1. The zero-order chi connectivity index (χ0) is 36.3. The number of ether oxygens (including phenoxy) is 2. The van der Waals surface area contributed by atoms with Gasteiger partial charge in [0.05, 0.1) is 42.5 Å². The van der Waals surface area contributed by atoms with Gasteiger partial charge in [0.15, 0.2) is 0 Å². The van der Waals surface area contributed by atoms with Crippen molar-refractivity contribution < 1.29 is 29.0 Å². The molecule has 270 valence electrons.